The molecule has 94 valence electrons. The van der Waals surface area contributed by atoms with Gasteiger partial charge < -0.3 is 0 Å². The Kier molecular flexibility index (Phi) is 13.6. The molecule has 0 fully saturated rings. The highest BCUT2D eigenvalue weighted by Crippen LogP contribution is 2.03. The molecule has 0 heterocycles. The maximum absolute atomic E-state index is 8.74. The van der Waals surface area contributed by atoms with Crippen molar-refractivity contribution >= 4 is 10.4 Å². The molecule has 0 atom stereocenters. The molecule has 0 spiro atoms. The molecule has 0 amide bonds. The van der Waals surface area contributed by atoms with Crippen LogP contribution in [0, 0.1) is 0 Å². The van der Waals surface area contributed by atoms with Gasteiger partial charge in [0.25, 0.3) is 0 Å². The third-order valence-electron chi connectivity index (χ3n) is 1.67. The van der Waals surface area contributed by atoms with Crippen molar-refractivity contribution in [3.63, 3.8) is 0 Å². The number of hydrogen-bond acceptors (Lipinski definition) is 4. The molecule has 7 heteroatoms. The van der Waals surface area contributed by atoms with Crippen LogP contribution < -0.4 is 11.3 Å². The molecule has 0 aliphatic rings. The van der Waals surface area contributed by atoms with Gasteiger partial charge in [0.05, 0.1) is 0 Å². The second kappa shape index (κ2) is 11.9. The van der Waals surface area contributed by atoms with Crippen LogP contribution in [0.25, 0.3) is 0 Å². The number of unbranched alkanes of at least 4 members (excludes halogenated alkanes) is 5. The molecule has 0 saturated carbocycles. The molecule has 0 unspecified atom stereocenters. The van der Waals surface area contributed by atoms with E-state index in [1.807, 2.05) is 0 Å². The zero-order valence-corrected chi connectivity index (χ0v) is 9.96. The van der Waals surface area contributed by atoms with Crippen molar-refractivity contribution in [3.8, 4) is 0 Å². The van der Waals surface area contributed by atoms with E-state index in [1.165, 1.54) is 38.5 Å². The van der Waals surface area contributed by atoms with Crippen molar-refractivity contribution in [2.24, 2.45) is 5.84 Å². The van der Waals surface area contributed by atoms with Gasteiger partial charge in [0.2, 0.25) is 0 Å². The molecular weight excluding hydrogens is 220 g/mol. The quantitative estimate of drug-likeness (QED) is 0.230. The fraction of sp³-hybridized carbons (Fsp3) is 1.00. The Bertz CT molecular complexity index is 191. The highest BCUT2D eigenvalue weighted by atomic mass is 32.3. The average Bonchev–Trinajstić information content (AvgIpc) is 2.08. The fourth-order valence-corrected chi connectivity index (χ4v) is 1.01. The maximum atomic E-state index is 8.74. The van der Waals surface area contributed by atoms with Crippen molar-refractivity contribution in [1.82, 2.24) is 5.43 Å². The number of nitrogens with one attached hydrogen (secondary N) is 1. The number of hydrogen-bond donors (Lipinski definition) is 4. The third kappa shape index (κ3) is 41.6. The molecule has 0 saturated heterocycles. The van der Waals surface area contributed by atoms with Gasteiger partial charge in [0, 0.05) is 6.54 Å². The van der Waals surface area contributed by atoms with E-state index in [1.54, 1.807) is 0 Å². The summed E-state index contributed by atoms with van der Waals surface area (Å²) < 4.78 is 31.6. The van der Waals surface area contributed by atoms with Gasteiger partial charge in [0.1, 0.15) is 0 Å². The summed E-state index contributed by atoms with van der Waals surface area (Å²) >= 11 is 0. The molecule has 6 nitrogen and oxygen atoms in total. The van der Waals surface area contributed by atoms with E-state index in [-0.39, 0.29) is 0 Å². The van der Waals surface area contributed by atoms with Crippen LogP contribution in [0.1, 0.15) is 45.4 Å². The number of nitrogens with two attached hydrogens (primary N) is 1. The molecule has 15 heavy (non-hydrogen) atoms. The smallest absolute Gasteiger partial charge is 0.271 e. The van der Waals surface area contributed by atoms with Crippen LogP contribution >= 0.6 is 0 Å². The Morgan fingerprint density at radius 1 is 1.07 bits per heavy atom. The van der Waals surface area contributed by atoms with Gasteiger partial charge in [-0.05, 0) is 6.42 Å². The highest BCUT2D eigenvalue weighted by molar-refractivity contribution is 7.79. The molecule has 0 radical (unpaired) electrons. The van der Waals surface area contributed by atoms with Crippen LogP contribution in [0.5, 0.6) is 0 Å². The van der Waals surface area contributed by atoms with E-state index in [2.05, 4.69) is 12.3 Å². The van der Waals surface area contributed by atoms with E-state index in [4.69, 9.17) is 23.4 Å². The lowest BCUT2D eigenvalue weighted by molar-refractivity contribution is 0.381. The summed E-state index contributed by atoms with van der Waals surface area (Å²) in [6.45, 7) is 3.20. The zero-order valence-electron chi connectivity index (χ0n) is 9.15. The van der Waals surface area contributed by atoms with Crippen molar-refractivity contribution in [2.75, 3.05) is 6.54 Å². The summed E-state index contributed by atoms with van der Waals surface area (Å²) in [5.41, 5.74) is 2.66. The Morgan fingerprint density at radius 3 is 1.87 bits per heavy atom. The lowest BCUT2D eigenvalue weighted by atomic mass is 10.1. The van der Waals surface area contributed by atoms with Crippen LogP contribution in [-0.4, -0.2) is 24.1 Å². The lowest BCUT2D eigenvalue weighted by Crippen LogP contribution is -2.22. The normalized spacial score (nSPS) is 10.7. The van der Waals surface area contributed by atoms with Crippen molar-refractivity contribution in [2.45, 2.75) is 45.4 Å². The van der Waals surface area contributed by atoms with E-state index in [0.29, 0.717) is 0 Å². The van der Waals surface area contributed by atoms with Gasteiger partial charge in [-0.25, -0.2) is 0 Å². The molecule has 0 aromatic carbocycles. The Hall–Kier alpha value is -0.210. The maximum Gasteiger partial charge on any atom is 0.394 e. The predicted molar refractivity (Wildman–Crippen MR) is 59.7 cm³/mol. The predicted octanol–water partition coefficient (Wildman–Crippen LogP) is 1.16. The largest absolute Gasteiger partial charge is 0.394 e. The first kappa shape index (κ1) is 17.2. The molecule has 0 rings (SSSR count). The first-order valence-electron chi connectivity index (χ1n) is 5.05. The molecule has 0 aromatic heterocycles. The summed E-state index contributed by atoms with van der Waals surface area (Å²) in [7, 11) is -4.67. The average molecular weight is 242 g/mol. The van der Waals surface area contributed by atoms with E-state index < -0.39 is 10.4 Å². The molecule has 0 aliphatic heterocycles. The summed E-state index contributed by atoms with van der Waals surface area (Å²) in [4.78, 5) is 0. The van der Waals surface area contributed by atoms with E-state index in [9.17, 15) is 0 Å². The number of rotatable bonds is 7. The van der Waals surface area contributed by atoms with Crippen LogP contribution in [-0.2, 0) is 10.4 Å². The summed E-state index contributed by atoms with van der Waals surface area (Å²) in [5.74, 6) is 5.12. The fourth-order valence-electron chi connectivity index (χ4n) is 1.01. The summed E-state index contributed by atoms with van der Waals surface area (Å²) in [6.07, 6.45) is 8.02. The Balaban J connectivity index is 0. The second-order valence-electron chi connectivity index (χ2n) is 3.17. The molecule has 0 bridgehead atoms. The van der Waals surface area contributed by atoms with Gasteiger partial charge in [-0.2, -0.15) is 8.42 Å². The molecule has 5 N–H and O–H groups in total. The monoisotopic (exact) mass is 242 g/mol. The van der Waals surface area contributed by atoms with Crippen molar-refractivity contribution < 1.29 is 17.5 Å². The summed E-state index contributed by atoms with van der Waals surface area (Å²) in [5, 5.41) is 0. The van der Waals surface area contributed by atoms with Gasteiger partial charge in [-0.3, -0.25) is 20.4 Å². The Morgan fingerprint density at radius 2 is 1.47 bits per heavy atom. The second-order valence-corrected chi connectivity index (χ2v) is 4.07. The van der Waals surface area contributed by atoms with Crippen LogP contribution in [0.4, 0.5) is 0 Å². The van der Waals surface area contributed by atoms with Crippen molar-refractivity contribution in [1.29, 1.82) is 0 Å². The molecular formula is C8H22N2O4S. The van der Waals surface area contributed by atoms with Gasteiger partial charge >= 0.3 is 10.4 Å². The number of hydrazine groups is 1. The first-order valence-corrected chi connectivity index (χ1v) is 6.44. The van der Waals surface area contributed by atoms with E-state index in [0.717, 1.165) is 6.54 Å². The van der Waals surface area contributed by atoms with Gasteiger partial charge in [-0.1, -0.05) is 39.0 Å². The van der Waals surface area contributed by atoms with Crippen LogP contribution in [0.2, 0.25) is 0 Å². The Labute approximate surface area is 91.8 Å². The van der Waals surface area contributed by atoms with Crippen LogP contribution in [0.3, 0.4) is 0 Å². The van der Waals surface area contributed by atoms with Gasteiger partial charge in [-0.15, -0.1) is 0 Å². The topological polar surface area (TPSA) is 113 Å². The lowest BCUT2D eigenvalue weighted by Gasteiger charge is -1.98. The third-order valence-corrected chi connectivity index (χ3v) is 1.67. The highest BCUT2D eigenvalue weighted by Gasteiger charge is 1.87. The minimum absolute atomic E-state index is 0.964. The zero-order chi connectivity index (χ0) is 12.2. The minimum atomic E-state index is -4.67. The first-order chi connectivity index (χ1) is 6.91. The molecule has 0 aliphatic carbocycles. The van der Waals surface area contributed by atoms with E-state index >= 15 is 0 Å². The molecule has 0 aromatic rings. The SMILES string of the molecule is CCCCCCCCNN.O=S(=O)(O)O. The van der Waals surface area contributed by atoms with Crippen LogP contribution in [0.15, 0.2) is 0 Å². The summed E-state index contributed by atoms with van der Waals surface area (Å²) in [6, 6.07) is 0. The standard InChI is InChI=1S/C8H20N2.H2O4S/c1-2-3-4-5-6-7-8-10-9;1-5(2,3)4/h10H,2-9H2,1H3;(H2,1,2,3,4). The van der Waals surface area contributed by atoms with Crippen molar-refractivity contribution in [3.05, 3.63) is 0 Å². The van der Waals surface area contributed by atoms with Gasteiger partial charge in [0.15, 0.2) is 0 Å². The minimum Gasteiger partial charge on any atom is -0.271 e.